The summed E-state index contributed by atoms with van der Waals surface area (Å²) in [5, 5.41) is 2.33. The number of H-pyrrole nitrogens is 1. The van der Waals surface area contributed by atoms with Gasteiger partial charge in [0.2, 0.25) is 0 Å². The van der Waals surface area contributed by atoms with Crippen molar-refractivity contribution in [2.24, 2.45) is 0 Å². The van der Waals surface area contributed by atoms with Gasteiger partial charge in [-0.25, -0.2) is 16.8 Å². The maximum atomic E-state index is 11.5. The van der Waals surface area contributed by atoms with Crippen LogP contribution >= 0.6 is 10.7 Å². The van der Waals surface area contributed by atoms with Crippen molar-refractivity contribution in [3.8, 4) is 0 Å². The quantitative estimate of drug-likeness (QED) is 0.725. The number of aromatic nitrogens is 1. The first kappa shape index (κ1) is 15.0. The largest absolute Gasteiger partial charge is 0.356 e. The minimum Gasteiger partial charge on any atom is -0.356 e. The lowest BCUT2D eigenvalue weighted by atomic mass is 10.4. The number of amides is 1. The predicted octanol–water partition coefficient (Wildman–Crippen LogP) is -0.283. The highest BCUT2D eigenvalue weighted by atomic mass is 35.7. The van der Waals surface area contributed by atoms with Crippen LogP contribution in [0.2, 0.25) is 0 Å². The Balaban J connectivity index is 2.66. The summed E-state index contributed by atoms with van der Waals surface area (Å²) >= 11 is 0. The van der Waals surface area contributed by atoms with Crippen molar-refractivity contribution in [1.82, 2.24) is 10.3 Å². The maximum absolute atomic E-state index is 11.5. The van der Waals surface area contributed by atoms with Gasteiger partial charge < -0.3 is 10.3 Å². The predicted molar refractivity (Wildman–Crippen MR) is 65.9 cm³/mol. The first-order valence-corrected chi connectivity index (χ1v) is 9.05. The Bertz CT molecular complexity index is 647. The molecular formula is C8H11ClN2O5S2. The van der Waals surface area contributed by atoms with Crippen molar-refractivity contribution in [3.63, 3.8) is 0 Å². The zero-order chi connectivity index (χ0) is 14.0. The Hall–Kier alpha value is -1.06. The van der Waals surface area contributed by atoms with E-state index in [9.17, 15) is 21.6 Å². The highest BCUT2D eigenvalue weighted by Gasteiger charge is 2.16. The van der Waals surface area contributed by atoms with Crippen molar-refractivity contribution in [2.45, 2.75) is 4.90 Å². The summed E-state index contributed by atoms with van der Waals surface area (Å²) < 4.78 is 43.6. The number of hydrogen-bond donors (Lipinski definition) is 2. The van der Waals surface area contributed by atoms with Crippen molar-refractivity contribution in [1.29, 1.82) is 0 Å². The molecule has 0 aliphatic heterocycles. The van der Waals surface area contributed by atoms with Crippen molar-refractivity contribution in [2.75, 3.05) is 18.6 Å². The molecule has 1 amide bonds. The Labute approximate surface area is 109 Å². The van der Waals surface area contributed by atoms with E-state index in [-0.39, 0.29) is 22.9 Å². The molecule has 18 heavy (non-hydrogen) atoms. The number of hydrogen-bond acceptors (Lipinski definition) is 5. The zero-order valence-electron chi connectivity index (χ0n) is 9.30. The van der Waals surface area contributed by atoms with Crippen LogP contribution in [0.5, 0.6) is 0 Å². The molecule has 1 heterocycles. The Morgan fingerprint density at radius 3 is 2.44 bits per heavy atom. The van der Waals surface area contributed by atoms with E-state index in [0.29, 0.717) is 0 Å². The van der Waals surface area contributed by atoms with Crippen LogP contribution in [0.3, 0.4) is 0 Å². The minimum absolute atomic E-state index is 0.0114. The molecule has 0 fully saturated rings. The van der Waals surface area contributed by atoms with Crippen LogP contribution in [0.4, 0.5) is 0 Å². The van der Waals surface area contributed by atoms with E-state index in [1.807, 2.05) is 0 Å². The number of carbonyl (C=O) groups excluding carboxylic acids is 1. The van der Waals surface area contributed by atoms with Gasteiger partial charge in [0, 0.05) is 29.7 Å². The summed E-state index contributed by atoms with van der Waals surface area (Å²) in [5.41, 5.74) is -0.0114. The lowest BCUT2D eigenvalue weighted by molar-refractivity contribution is 0.0951. The van der Waals surface area contributed by atoms with Gasteiger partial charge in [0.1, 0.15) is 20.4 Å². The molecule has 1 aromatic heterocycles. The third kappa shape index (κ3) is 4.67. The second kappa shape index (κ2) is 5.29. The van der Waals surface area contributed by atoms with Crippen molar-refractivity contribution >= 4 is 35.5 Å². The van der Waals surface area contributed by atoms with Gasteiger partial charge in [0.15, 0.2) is 0 Å². The fourth-order valence-electron chi connectivity index (χ4n) is 1.09. The number of halogens is 1. The minimum atomic E-state index is -3.89. The highest BCUT2D eigenvalue weighted by molar-refractivity contribution is 8.13. The van der Waals surface area contributed by atoms with Crippen molar-refractivity contribution in [3.05, 3.63) is 18.0 Å². The number of carbonyl (C=O) groups is 1. The highest BCUT2D eigenvalue weighted by Crippen LogP contribution is 2.15. The molecule has 2 N–H and O–H groups in total. The molecule has 7 nitrogen and oxygen atoms in total. The van der Waals surface area contributed by atoms with Gasteiger partial charge in [0.25, 0.3) is 15.0 Å². The van der Waals surface area contributed by atoms with E-state index in [4.69, 9.17) is 10.7 Å². The van der Waals surface area contributed by atoms with Crippen LogP contribution in [0.15, 0.2) is 17.2 Å². The summed E-state index contributed by atoms with van der Waals surface area (Å²) in [7, 11) is -1.97. The summed E-state index contributed by atoms with van der Waals surface area (Å²) in [5.74, 6) is -0.801. The van der Waals surface area contributed by atoms with Crippen LogP contribution in [-0.4, -0.2) is 46.3 Å². The van der Waals surface area contributed by atoms with Gasteiger partial charge in [-0.05, 0) is 6.07 Å². The number of aromatic amines is 1. The van der Waals surface area contributed by atoms with E-state index >= 15 is 0 Å². The third-order valence-corrected chi connectivity index (χ3v) is 4.22. The summed E-state index contributed by atoms with van der Waals surface area (Å²) in [6.07, 6.45) is 2.12. The van der Waals surface area contributed by atoms with E-state index in [2.05, 4.69) is 10.3 Å². The van der Waals surface area contributed by atoms with E-state index in [1.54, 1.807) is 0 Å². The van der Waals surface area contributed by atoms with E-state index in [0.717, 1.165) is 18.5 Å². The average Bonchev–Trinajstić information content (AvgIpc) is 2.62. The summed E-state index contributed by atoms with van der Waals surface area (Å²) in [6, 6.07) is 1.07. The number of sulfone groups is 1. The smallest absolute Gasteiger partial charge is 0.267 e. The van der Waals surface area contributed by atoms with Gasteiger partial charge in [-0.15, -0.1) is 0 Å². The number of nitrogens with one attached hydrogen (secondary N) is 2. The molecule has 10 heteroatoms. The molecule has 0 aliphatic carbocycles. The van der Waals surface area contributed by atoms with Crippen LogP contribution in [0.25, 0.3) is 0 Å². The maximum Gasteiger partial charge on any atom is 0.267 e. The molecule has 102 valence electrons. The Morgan fingerprint density at radius 1 is 1.39 bits per heavy atom. The molecule has 0 atom stereocenters. The molecule has 1 aromatic rings. The van der Waals surface area contributed by atoms with Gasteiger partial charge in [-0.2, -0.15) is 0 Å². The van der Waals surface area contributed by atoms with Crippen LogP contribution in [-0.2, 0) is 18.9 Å². The molecular weight excluding hydrogens is 304 g/mol. The molecule has 0 spiro atoms. The molecule has 0 saturated heterocycles. The van der Waals surface area contributed by atoms with Gasteiger partial charge in [0.05, 0.1) is 5.75 Å². The van der Waals surface area contributed by atoms with E-state index < -0.39 is 24.8 Å². The summed E-state index contributed by atoms with van der Waals surface area (Å²) in [6.45, 7) is -0.0559. The molecule has 1 rings (SSSR count). The fourth-order valence-corrected chi connectivity index (χ4v) is 2.29. The van der Waals surface area contributed by atoms with Crippen LogP contribution in [0, 0.1) is 0 Å². The first-order valence-electron chi connectivity index (χ1n) is 4.68. The molecule has 0 saturated carbocycles. The second-order valence-corrected chi connectivity index (χ2v) is 8.40. The number of rotatable bonds is 5. The molecule has 0 unspecified atom stereocenters. The van der Waals surface area contributed by atoms with Crippen LogP contribution in [0.1, 0.15) is 10.5 Å². The van der Waals surface area contributed by atoms with E-state index in [1.165, 1.54) is 0 Å². The Morgan fingerprint density at radius 2 is 2.00 bits per heavy atom. The second-order valence-electron chi connectivity index (χ2n) is 3.57. The van der Waals surface area contributed by atoms with Crippen molar-refractivity contribution < 1.29 is 21.6 Å². The normalized spacial score (nSPS) is 12.3. The molecule has 0 aromatic carbocycles. The van der Waals surface area contributed by atoms with Crippen LogP contribution < -0.4 is 5.32 Å². The lowest BCUT2D eigenvalue weighted by Gasteiger charge is -2.01. The average molecular weight is 315 g/mol. The summed E-state index contributed by atoms with van der Waals surface area (Å²) in [4.78, 5) is 13.7. The lowest BCUT2D eigenvalue weighted by Crippen LogP contribution is -2.28. The van der Waals surface area contributed by atoms with Gasteiger partial charge >= 0.3 is 0 Å². The molecule has 0 aliphatic rings. The third-order valence-electron chi connectivity index (χ3n) is 1.94. The topological polar surface area (TPSA) is 113 Å². The first-order chi connectivity index (χ1) is 8.09. The SMILES string of the molecule is CS(=O)(=O)CCNC(=O)c1cc(S(=O)(=O)Cl)c[nH]1. The molecule has 0 radical (unpaired) electrons. The van der Waals surface area contributed by atoms with Gasteiger partial charge in [-0.3, -0.25) is 4.79 Å². The molecule has 0 bridgehead atoms. The standard InChI is InChI=1S/C8H11ClN2O5S2/c1-17(13,14)3-2-10-8(12)7-4-6(5-11-7)18(9,15)16/h4-5,11H,2-3H2,1H3,(H,10,12). The van der Waals surface area contributed by atoms with Gasteiger partial charge in [-0.1, -0.05) is 0 Å². The fraction of sp³-hybridized carbons (Fsp3) is 0.375. The Kier molecular flexibility index (Phi) is 4.41. The zero-order valence-corrected chi connectivity index (χ0v) is 11.7. The monoisotopic (exact) mass is 314 g/mol.